The van der Waals surface area contributed by atoms with Crippen LogP contribution in [0.1, 0.15) is 32.6 Å². The third kappa shape index (κ3) is 8.00. The van der Waals surface area contributed by atoms with Crippen molar-refractivity contribution in [3.8, 4) is 0 Å². The highest BCUT2D eigenvalue weighted by molar-refractivity contribution is 14.0. The average molecular weight is 539 g/mol. The average Bonchev–Trinajstić information content (AvgIpc) is 3.07. The lowest BCUT2D eigenvalue weighted by atomic mass is 10.2. The molecule has 0 bridgehead atoms. The minimum absolute atomic E-state index is 0. The Balaban J connectivity index is 0.00000338. The minimum Gasteiger partial charge on any atom is -0.385 e. The molecule has 26 heavy (non-hydrogen) atoms. The van der Waals surface area contributed by atoms with Crippen LogP contribution in [0.15, 0.2) is 33.7 Å². The third-order valence-corrected chi connectivity index (χ3v) is 5.01. The summed E-state index contributed by atoms with van der Waals surface area (Å²) < 4.78 is 6.24. The second-order valence-corrected chi connectivity index (χ2v) is 7.20. The molecule has 5 nitrogen and oxygen atoms in total. The molecule has 1 aliphatic heterocycles. The SMILES string of the molecule is CCNC(=NCCCCCOC)NC1CCN(c2ccccc2Br)C1.I. The van der Waals surface area contributed by atoms with Gasteiger partial charge in [0.1, 0.15) is 0 Å². The van der Waals surface area contributed by atoms with Crippen molar-refractivity contribution >= 4 is 51.6 Å². The maximum absolute atomic E-state index is 5.08. The molecular formula is C19H32BrIN4O. The number of rotatable bonds is 9. The van der Waals surface area contributed by atoms with Crippen molar-refractivity contribution in [2.75, 3.05) is 44.8 Å². The molecule has 1 fully saturated rings. The Bertz CT molecular complexity index is 544. The fourth-order valence-corrected chi connectivity index (χ4v) is 3.58. The number of nitrogens with one attached hydrogen (secondary N) is 2. The van der Waals surface area contributed by atoms with Crippen molar-refractivity contribution in [2.24, 2.45) is 4.99 Å². The van der Waals surface area contributed by atoms with Gasteiger partial charge in [-0.05, 0) is 60.7 Å². The van der Waals surface area contributed by atoms with Gasteiger partial charge in [-0.1, -0.05) is 12.1 Å². The third-order valence-electron chi connectivity index (χ3n) is 4.34. The Morgan fingerprint density at radius 2 is 2.12 bits per heavy atom. The van der Waals surface area contributed by atoms with Gasteiger partial charge in [0.05, 0.1) is 5.69 Å². The fraction of sp³-hybridized carbons (Fsp3) is 0.632. The summed E-state index contributed by atoms with van der Waals surface area (Å²) in [6.07, 6.45) is 4.50. The standard InChI is InChI=1S/C19H31BrN4O.HI/c1-3-21-19(22-12-7-4-8-14-25-2)23-16-11-13-24(15-16)18-10-6-5-9-17(18)20;/h5-6,9-10,16H,3-4,7-8,11-15H2,1-2H3,(H2,21,22,23);1H. The number of aliphatic imine (C=N–C) groups is 1. The fourth-order valence-electron chi connectivity index (χ4n) is 3.04. The van der Waals surface area contributed by atoms with Crippen molar-refractivity contribution in [2.45, 2.75) is 38.6 Å². The molecule has 0 amide bonds. The Kier molecular flexibility index (Phi) is 12.3. The molecule has 1 atom stereocenters. The van der Waals surface area contributed by atoms with E-state index in [0.717, 1.165) is 68.9 Å². The van der Waals surface area contributed by atoms with E-state index in [1.54, 1.807) is 7.11 Å². The predicted octanol–water partition coefficient (Wildman–Crippen LogP) is 4.02. The van der Waals surface area contributed by atoms with E-state index in [2.05, 4.69) is 62.7 Å². The van der Waals surface area contributed by atoms with E-state index in [4.69, 9.17) is 9.73 Å². The van der Waals surface area contributed by atoms with Gasteiger partial charge in [-0.25, -0.2) is 0 Å². The van der Waals surface area contributed by atoms with E-state index in [1.165, 1.54) is 5.69 Å². The van der Waals surface area contributed by atoms with Gasteiger partial charge >= 0.3 is 0 Å². The van der Waals surface area contributed by atoms with E-state index in [1.807, 2.05) is 0 Å². The molecule has 1 aromatic carbocycles. The topological polar surface area (TPSA) is 48.9 Å². The van der Waals surface area contributed by atoms with E-state index in [0.29, 0.717) is 6.04 Å². The molecular weight excluding hydrogens is 507 g/mol. The maximum Gasteiger partial charge on any atom is 0.191 e. The van der Waals surface area contributed by atoms with Crippen molar-refractivity contribution in [1.29, 1.82) is 0 Å². The van der Waals surface area contributed by atoms with Crippen LogP contribution in [0, 0.1) is 0 Å². The molecule has 0 radical (unpaired) electrons. The highest BCUT2D eigenvalue weighted by atomic mass is 127. The Morgan fingerprint density at radius 3 is 2.85 bits per heavy atom. The normalized spacial score (nSPS) is 17.1. The second kappa shape index (κ2) is 13.6. The van der Waals surface area contributed by atoms with Gasteiger partial charge in [0.15, 0.2) is 5.96 Å². The molecule has 0 aliphatic carbocycles. The molecule has 0 spiro atoms. The molecule has 1 saturated heterocycles. The monoisotopic (exact) mass is 538 g/mol. The number of methoxy groups -OCH3 is 1. The van der Waals surface area contributed by atoms with Crippen LogP contribution in [0.25, 0.3) is 0 Å². The highest BCUT2D eigenvalue weighted by Gasteiger charge is 2.24. The number of hydrogen-bond acceptors (Lipinski definition) is 3. The molecule has 2 N–H and O–H groups in total. The zero-order chi connectivity index (χ0) is 17.9. The first-order valence-electron chi connectivity index (χ1n) is 9.27. The van der Waals surface area contributed by atoms with Gasteiger partial charge in [0.2, 0.25) is 0 Å². The van der Waals surface area contributed by atoms with Crippen molar-refractivity contribution in [3.63, 3.8) is 0 Å². The lowest BCUT2D eigenvalue weighted by Gasteiger charge is -2.21. The summed E-state index contributed by atoms with van der Waals surface area (Å²) in [7, 11) is 1.75. The molecule has 2 rings (SSSR count). The number of para-hydroxylation sites is 1. The number of nitrogens with zero attached hydrogens (tertiary/aromatic N) is 2. The van der Waals surface area contributed by atoms with Gasteiger partial charge in [0.25, 0.3) is 0 Å². The number of hydrogen-bond donors (Lipinski definition) is 2. The number of unbranched alkanes of at least 4 members (excludes halogenated alkanes) is 2. The summed E-state index contributed by atoms with van der Waals surface area (Å²) in [6.45, 7) is 6.76. The highest BCUT2D eigenvalue weighted by Crippen LogP contribution is 2.28. The molecule has 1 aliphatic rings. The number of benzene rings is 1. The first kappa shape index (κ1) is 23.5. The van der Waals surface area contributed by atoms with Crippen LogP contribution >= 0.6 is 39.9 Å². The maximum atomic E-state index is 5.08. The Morgan fingerprint density at radius 1 is 1.31 bits per heavy atom. The number of halogens is 2. The van der Waals surface area contributed by atoms with Gasteiger partial charge in [-0.3, -0.25) is 4.99 Å². The summed E-state index contributed by atoms with van der Waals surface area (Å²) in [4.78, 5) is 7.14. The quantitative estimate of drug-likeness (QED) is 0.216. The number of anilines is 1. The van der Waals surface area contributed by atoms with Crippen LogP contribution in [-0.2, 0) is 4.74 Å². The van der Waals surface area contributed by atoms with E-state index in [-0.39, 0.29) is 24.0 Å². The first-order valence-corrected chi connectivity index (χ1v) is 10.1. The molecule has 0 saturated carbocycles. The molecule has 0 aromatic heterocycles. The predicted molar refractivity (Wildman–Crippen MR) is 125 cm³/mol. The van der Waals surface area contributed by atoms with Crippen LogP contribution in [0.3, 0.4) is 0 Å². The molecule has 1 unspecified atom stereocenters. The smallest absolute Gasteiger partial charge is 0.191 e. The summed E-state index contributed by atoms with van der Waals surface area (Å²) in [5.74, 6) is 0.938. The number of guanidine groups is 1. The van der Waals surface area contributed by atoms with E-state index < -0.39 is 0 Å². The molecule has 148 valence electrons. The molecule has 1 heterocycles. The van der Waals surface area contributed by atoms with Gasteiger partial charge in [-0.2, -0.15) is 0 Å². The van der Waals surface area contributed by atoms with Crippen LogP contribution in [0.4, 0.5) is 5.69 Å². The summed E-state index contributed by atoms with van der Waals surface area (Å²) >= 11 is 3.65. The zero-order valence-corrected chi connectivity index (χ0v) is 19.8. The lowest BCUT2D eigenvalue weighted by molar-refractivity contribution is 0.192. The van der Waals surface area contributed by atoms with Crippen molar-refractivity contribution < 1.29 is 4.74 Å². The number of ether oxygens (including phenoxy) is 1. The first-order chi connectivity index (χ1) is 12.2. The van der Waals surface area contributed by atoms with Crippen LogP contribution in [0.2, 0.25) is 0 Å². The van der Waals surface area contributed by atoms with Crippen molar-refractivity contribution in [1.82, 2.24) is 10.6 Å². The van der Waals surface area contributed by atoms with Crippen LogP contribution < -0.4 is 15.5 Å². The van der Waals surface area contributed by atoms with E-state index in [9.17, 15) is 0 Å². The van der Waals surface area contributed by atoms with Gasteiger partial charge < -0.3 is 20.3 Å². The van der Waals surface area contributed by atoms with E-state index >= 15 is 0 Å². The van der Waals surface area contributed by atoms with Crippen molar-refractivity contribution in [3.05, 3.63) is 28.7 Å². The Labute approximate surface area is 183 Å². The van der Waals surface area contributed by atoms with Crippen LogP contribution in [0.5, 0.6) is 0 Å². The van der Waals surface area contributed by atoms with Gasteiger partial charge in [-0.15, -0.1) is 24.0 Å². The lowest BCUT2D eigenvalue weighted by Crippen LogP contribution is -2.44. The summed E-state index contributed by atoms with van der Waals surface area (Å²) in [6, 6.07) is 8.85. The Hall–Kier alpha value is -0.540. The zero-order valence-electron chi connectivity index (χ0n) is 15.8. The minimum atomic E-state index is 0. The van der Waals surface area contributed by atoms with Crippen LogP contribution in [-0.4, -0.2) is 51.9 Å². The summed E-state index contributed by atoms with van der Waals surface area (Å²) in [5.41, 5.74) is 1.27. The molecule has 1 aromatic rings. The van der Waals surface area contributed by atoms with Gasteiger partial charge in [0, 0.05) is 50.4 Å². The molecule has 7 heteroatoms. The summed E-state index contributed by atoms with van der Waals surface area (Å²) in [5, 5.41) is 6.96. The largest absolute Gasteiger partial charge is 0.385 e. The second-order valence-electron chi connectivity index (χ2n) is 6.34.